The first-order valence-corrected chi connectivity index (χ1v) is 13.7. The first kappa shape index (κ1) is 27.1. The average Bonchev–Trinajstić information content (AvgIpc) is 2.98. The zero-order chi connectivity index (χ0) is 26.4. The number of para-hydroxylation sites is 1. The van der Waals surface area contributed by atoms with Crippen LogP contribution in [0.5, 0.6) is 0 Å². The van der Waals surface area contributed by atoms with Gasteiger partial charge in [-0.05, 0) is 55.5 Å². The van der Waals surface area contributed by atoms with Crippen molar-refractivity contribution in [1.82, 2.24) is 20.1 Å². The first-order valence-electron chi connectivity index (χ1n) is 13.7. The van der Waals surface area contributed by atoms with Crippen molar-refractivity contribution in [2.75, 3.05) is 49.5 Å². The van der Waals surface area contributed by atoms with Crippen molar-refractivity contribution in [3.63, 3.8) is 0 Å². The van der Waals surface area contributed by atoms with Gasteiger partial charge in [0.05, 0.1) is 16.9 Å². The lowest BCUT2D eigenvalue weighted by Gasteiger charge is -2.39. The number of nitrogens with zero attached hydrogens (tertiary/aromatic N) is 4. The molecule has 0 saturated carbocycles. The van der Waals surface area contributed by atoms with Gasteiger partial charge in [-0.15, -0.1) is 0 Å². The number of pyridine rings is 1. The molecule has 1 aromatic heterocycles. The summed E-state index contributed by atoms with van der Waals surface area (Å²) in [7, 11) is 0. The number of anilines is 3. The van der Waals surface area contributed by atoms with E-state index in [9.17, 15) is 9.59 Å². The fourth-order valence-electron chi connectivity index (χ4n) is 5.54. The summed E-state index contributed by atoms with van der Waals surface area (Å²) < 4.78 is 0. The maximum atomic E-state index is 13.5. The predicted molar refractivity (Wildman–Crippen MR) is 149 cm³/mol. The molecule has 1 fully saturated rings. The van der Waals surface area contributed by atoms with Crippen LogP contribution in [0.2, 0.25) is 0 Å². The van der Waals surface area contributed by atoms with Gasteiger partial charge in [0.25, 0.3) is 5.91 Å². The monoisotopic (exact) mass is 506 g/mol. The van der Waals surface area contributed by atoms with Gasteiger partial charge in [-0.2, -0.15) is 0 Å². The van der Waals surface area contributed by atoms with E-state index in [4.69, 9.17) is 0 Å². The van der Waals surface area contributed by atoms with Crippen LogP contribution in [0.4, 0.5) is 22.0 Å². The number of hydrogen-bond donors (Lipinski definition) is 2. The van der Waals surface area contributed by atoms with E-state index in [1.807, 2.05) is 6.07 Å². The molecular weight excluding hydrogens is 464 g/mol. The molecule has 1 atom stereocenters. The van der Waals surface area contributed by atoms with Gasteiger partial charge in [0.1, 0.15) is 0 Å². The molecule has 8 heteroatoms. The number of rotatable bonds is 9. The Morgan fingerprint density at radius 3 is 2.62 bits per heavy atom. The van der Waals surface area contributed by atoms with Crippen LogP contribution in [0.1, 0.15) is 57.3 Å². The number of benzene rings is 1. The minimum absolute atomic E-state index is 0.247. The minimum atomic E-state index is -0.279. The summed E-state index contributed by atoms with van der Waals surface area (Å²) in [5.74, 6) is 1.46. The molecule has 4 rings (SSSR count). The molecule has 37 heavy (non-hydrogen) atoms. The Morgan fingerprint density at radius 2 is 1.86 bits per heavy atom. The van der Waals surface area contributed by atoms with Crippen molar-refractivity contribution < 1.29 is 9.59 Å². The van der Waals surface area contributed by atoms with Crippen LogP contribution in [0.15, 0.2) is 42.6 Å². The molecule has 0 bridgehead atoms. The van der Waals surface area contributed by atoms with Gasteiger partial charge < -0.3 is 15.5 Å². The van der Waals surface area contributed by atoms with Gasteiger partial charge in [-0.3, -0.25) is 9.69 Å². The van der Waals surface area contributed by atoms with Crippen LogP contribution in [0.3, 0.4) is 0 Å². The number of carbonyl (C=O) groups excluding carboxylic acids is 2. The Balaban J connectivity index is 1.44. The van der Waals surface area contributed by atoms with Crippen molar-refractivity contribution in [3.05, 3.63) is 48.2 Å². The number of likely N-dealkylation sites (tertiary alicyclic amines) is 1. The van der Waals surface area contributed by atoms with E-state index >= 15 is 0 Å². The number of amides is 3. The van der Waals surface area contributed by atoms with E-state index < -0.39 is 0 Å². The summed E-state index contributed by atoms with van der Waals surface area (Å²) in [4.78, 5) is 37.5. The summed E-state index contributed by atoms with van der Waals surface area (Å²) >= 11 is 0. The Morgan fingerprint density at radius 1 is 1.11 bits per heavy atom. The van der Waals surface area contributed by atoms with Crippen molar-refractivity contribution in [2.45, 2.75) is 53.0 Å². The van der Waals surface area contributed by atoms with E-state index in [-0.39, 0.29) is 11.9 Å². The van der Waals surface area contributed by atoms with Crippen LogP contribution < -0.4 is 15.5 Å². The van der Waals surface area contributed by atoms with E-state index in [0.717, 1.165) is 32.7 Å². The van der Waals surface area contributed by atoms with Gasteiger partial charge in [0, 0.05) is 45.0 Å². The molecule has 200 valence electrons. The van der Waals surface area contributed by atoms with Gasteiger partial charge in [-0.1, -0.05) is 46.2 Å². The average molecular weight is 507 g/mol. The van der Waals surface area contributed by atoms with Crippen molar-refractivity contribution in [2.24, 2.45) is 11.8 Å². The number of carbonyl (C=O) groups is 2. The predicted octanol–water partition coefficient (Wildman–Crippen LogP) is 4.96. The highest BCUT2D eigenvalue weighted by Gasteiger charge is 2.31. The quantitative estimate of drug-likeness (QED) is 0.502. The van der Waals surface area contributed by atoms with E-state index in [2.05, 4.69) is 53.1 Å². The summed E-state index contributed by atoms with van der Waals surface area (Å²) in [6.45, 7) is 14.9. The van der Waals surface area contributed by atoms with Crippen LogP contribution in [-0.4, -0.2) is 72.0 Å². The number of piperidine rings is 1. The van der Waals surface area contributed by atoms with Gasteiger partial charge >= 0.3 is 6.03 Å². The fraction of sp³-hybridized carbons (Fsp3) is 0.552. The van der Waals surface area contributed by atoms with Gasteiger partial charge in [0.15, 0.2) is 5.82 Å². The van der Waals surface area contributed by atoms with Crippen molar-refractivity contribution >= 4 is 29.1 Å². The molecule has 2 aliphatic rings. The number of hydrogen-bond acceptors (Lipinski definition) is 5. The normalized spacial score (nSPS) is 18.0. The van der Waals surface area contributed by atoms with Crippen molar-refractivity contribution in [3.8, 4) is 0 Å². The maximum Gasteiger partial charge on any atom is 0.327 e. The standard InChI is InChI=1S/C29H42N6O2/c1-21(2)18-33(19-22(3)4)20-23-10-7-8-16-34(23)17-15-31-29(37)35-26-13-6-5-11-24(26)28(36)32-25-12-9-14-30-27(25)35/h5-6,9,11-14,21-23H,7-8,10,15-20H2,1-4H3,(H,31,37)(H,32,36). The van der Waals surface area contributed by atoms with Crippen LogP contribution in [-0.2, 0) is 0 Å². The highest BCUT2D eigenvalue weighted by Crippen LogP contribution is 2.36. The van der Waals surface area contributed by atoms with Gasteiger partial charge in [-0.25, -0.2) is 14.7 Å². The van der Waals surface area contributed by atoms with Gasteiger partial charge in [0.2, 0.25) is 0 Å². The SMILES string of the molecule is CC(C)CN(CC(C)C)CC1CCCCN1CCNC(=O)N1c2ccccc2C(=O)Nc2cccnc21. The first-order chi connectivity index (χ1) is 17.8. The van der Waals surface area contributed by atoms with Crippen LogP contribution in [0, 0.1) is 11.8 Å². The molecule has 1 saturated heterocycles. The number of nitrogens with one attached hydrogen (secondary N) is 2. The largest absolute Gasteiger partial charge is 0.336 e. The van der Waals surface area contributed by atoms with E-state index in [0.29, 0.717) is 47.2 Å². The van der Waals surface area contributed by atoms with Crippen LogP contribution in [0.25, 0.3) is 0 Å². The highest BCUT2D eigenvalue weighted by atomic mass is 16.2. The maximum absolute atomic E-state index is 13.5. The molecule has 3 amide bonds. The molecule has 8 nitrogen and oxygen atoms in total. The minimum Gasteiger partial charge on any atom is -0.336 e. The molecule has 0 radical (unpaired) electrons. The molecule has 2 aromatic rings. The molecule has 0 spiro atoms. The lowest BCUT2D eigenvalue weighted by atomic mass is 10.0. The third-order valence-electron chi connectivity index (χ3n) is 6.98. The van der Waals surface area contributed by atoms with Crippen molar-refractivity contribution in [1.29, 1.82) is 0 Å². The third kappa shape index (κ3) is 6.87. The Labute approximate surface area is 221 Å². The fourth-order valence-corrected chi connectivity index (χ4v) is 5.54. The number of urea groups is 1. The number of fused-ring (bicyclic) bond motifs is 2. The number of aromatic nitrogens is 1. The third-order valence-corrected chi connectivity index (χ3v) is 6.98. The Kier molecular flexibility index (Phi) is 9.16. The lowest BCUT2D eigenvalue weighted by molar-refractivity contribution is 0.0943. The molecule has 1 unspecified atom stereocenters. The second-order valence-electron chi connectivity index (χ2n) is 11.1. The topological polar surface area (TPSA) is 80.8 Å². The zero-order valence-corrected chi connectivity index (χ0v) is 22.7. The summed E-state index contributed by atoms with van der Waals surface area (Å²) in [5, 5.41) is 6.00. The summed E-state index contributed by atoms with van der Waals surface area (Å²) in [6, 6.07) is 10.9. The molecule has 1 aromatic carbocycles. The molecule has 2 N–H and O–H groups in total. The smallest absolute Gasteiger partial charge is 0.327 e. The Hall–Kier alpha value is -2.97. The molecule has 0 aliphatic carbocycles. The molecule has 2 aliphatic heterocycles. The second kappa shape index (κ2) is 12.5. The van der Waals surface area contributed by atoms with E-state index in [1.165, 1.54) is 24.2 Å². The van der Waals surface area contributed by atoms with E-state index in [1.54, 1.807) is 36.5 Å². The zero-order valence-electron chi connectivity index (χ0n) is 22.7. The molecule has 3 heterocycles. The second-order valence-corrected chi connectivity index (χ2v) is 11.1. The highest BCUT2D eigenvalue weighted by molar-refractivity contribution is 6.16. The van der Waals surface area contributed by atoms with Crippen LogP contribution >= 0.6 is 0 Å². The lowest BCUT2D eigenvalue weighted by Crippen LogP contribution is -2.50. The molecular formula is C29H42N6O2. The Bertz CT molecular complexity index is 1060. The summed E-state index contributed by atoms with van der Waals surface area (Å²) in [6.07, 6.45) is 5.30. The summed E-state index contributed by atoms with van der Waals surface area (Å²) in [5.41, 5.74) is 1.50.